The molecule has 1 aromatic heterocycles. The third-order valence-corrected chi connectivity index (χ3v) is 5.69. The molecular weight excluding hydrogens is 330 g/mol. The summed E-state index contributed by atoms with van der Waals surface area (Å²) in [6.07, 6.45) is 4.73. The number of para-hydroxylation sites is 1. The van der Waals surface area contributed by atoms with Gasteiger partial charge in [-0.25, -0.2) is 0 Å². The minimum Gasteiger partial charge on any atom is -0.395 e. The molecule has 0 aliphatic carbocycles. The standard InChI is InChI=1S/C20H23N3O3/c24-14-13-22-11-3-8-20(19(22)26)9-4-12-23(20)18(25)16-7-10-21-17-6-2-1-5-15(16)17/h1-2,5-7,10,24H,3-4,8-9,11-14H2. The Bertz CT molecular complexity index is 846. The lowest BCUT2D eigenvalue weighted by atomic mass is 9.85. The molecular formula is C20H23N3O3. The van der Waals surface area contributed by atoms with Gasteiger partial charge >= 0.3 is 0 Å². The van der Waals surface area contributed by atoms with Crippen LogP contribution in [0, 0.1) is 0 Å². The summed E-state index contributed by atoms with van der Waals surface area (Å²) in [4.78, 5) is 34.4. The Hall–Kier alpha value is -2.47. The van der Waals surface area contributed by atoms with Crippen molar-refractivity contribution >= 4 is 22.7 Å². The summed E-state index contributed by atoms with van der Waals surface area (Å²) in [5, 5.41) is 10.1. The zero-order chi connectivity index (χ0) is 18.1. The fourth-order valence-electron chi connectivity index (χ4n) is 4.48. The van der Waals surface area contributed by atoms with E-state index in [4.69, 9.17) is 0 Å². The van der Waals surface area contributed by atoms with Crippen molar-refractivity contribution in [2.45, 2.75) is 31.2 Å². The number of carbonyl (C=O) groups is 2. The Balaban J connectivity index is 1.72. The zero-order valence-corrected chi connectivity index (χ0v) is 14.7. The molecule has 2 saturated heterocycles. The molecule has 136 valence electrons. The number of likely N-dealkylation sites (tertiary alicyclic amines) is 2. The van der Waals surface area contributed by atoms with E-state index in [0.717, 1.165) is 23.7 Å². The number of nitrogens with zero attached hydrogens (tertiary/aromatic N) is 3. The van der Waals surface area contributed by atoms with Crippen molar-refractivity contribution in [1.29, 1.82) is 0 Å². The highest BCUT2D eigenvalue weighted by atomic mass is 16.3. The molecule has 2 amide bonds. The second-order valence-corrected chi connectivity index (χ2v) is 7.09. The molecule has 0 radical (unpaired) electrons. The predicted molar refractivity (Wildman–Crippen MR) is 97.6 cm³/mol. The second kappa shape index (κ2) is 6.68. The van der Waals surface area contributed by atoms with Gasteiger partial charge in [-0.1, -0.05) is 18.2 Å². The van der Waals surface area contributed by atoms with Gasteiger partial charge in [0, 0.05) is 31.2 Å². The monoisotopic (exact) mass is 353 g/mol. The van der Waals surface area contributed by atoms with E-state index >= 15 is 0 Å². The molecule has 26 heavy (non-hydrogen) atoms. The lowest BCUT2D eigenvalue weighted by Gasteiger charge is -2.44. The van der Waals surface area contributed by atoms with Gasteiger partial charge in [0.1, 0.15) is 5.54 Å². The summed E-state index contributed by atoms with van der Waals surface area (Å²) in [6, 6.07) is 9.34. The van der Waals surface area contributed by atoms with E-state index in [1.807, 2.05) is 24.3 Å². The minimum absolute atomic E-state index is 0.0120. The number of pyridine rings is 1. The van der Waals surface area contributed by atoms with E-state index in [1.165, 1.54) is 0 Å². The van der Waals surface area contributed by atoms with E-state index < -0.39 is 5.54 Å². The first-order chi connectivity index (χ1) is 12.7. The van der Waals surface area contributed by atoms with Gasteiger partial charge in [0.15, 0.2) is 0 Å². The molecule has 2 aliphatic rings. The van der Waals surface area contributed by atoms with Crippen LogP contribution < -0.4 is 0 Å². The van der Waals surface area contributed by atoms with Gasteiger partial charge in [0.25, 0.3) is 5.91 Å². The normalized spacial score (nSPS) is 23.2. The third-order valence-electron chi connectivity index (χ3n) is 5.69. The number of aromatic nitrogens is 1. The van der Waals surface area contributed by atoms with Gasteiger partial charge in [-0.05, 0) is 37.8 Å². The van der Waals surface area contributed by atoms with Crippen molar-refractivity contribution in [2.24, 2.45) is 0 Å². The van der Waals surface area contributed by atoms with Crippen LogP contribution in [-0.2, 0) is 4.79 Å². The number of aliphatic hydroxyl groups is 1. The largest absolute Gasteiger partial charge is 0.395 e. The summed E-state index contributed by atoms with van der Waals surface area (Å²) in [5.74, 6) is -0.109. The number of aliphatic hydroxyl groups excluding tert-OH is 1. The number of β-amino-alcohol motifs (C(OH)–C–C–N with tert-alkyl or cyclic N) is 1. The number of rotatable bonds is 3. The first kappa shape index (κ1) is 17.0. The Morgan fingerprint density at radius 2 is 1.92 bits per heavy atom. The Kier molecular flexibility index (Phi) is 4.36. The van der Waals surface area contributed by atoms with Crippen molar-refractivity contribution in [3.63, 3.8) is 0 Å². The molecule has 1 aromatic carbocycles. The van der Waals surface area contributed by atoms with E-state index in [-0.39, 0.29) is 18.4 Å². The van der Waals surface area contributed by atoms with Gasteiger partial charge in [0.05, 0.1) is 17.7 Å². The quantitative estimate of drug-likeness (QED) is 0.914. The number of benzene rings is 1. The minimum atomic E-state index is -0.755. The van der Waals surface area contributed by atoms with Crippen LogP contribution in [0.5, 0.6) is 0 Å². The highest BCUT2D eigenvalue weighted by Crippen LogP contribution is 2.39. The SMILES string of the molecule is O=C(c1ccnc2ccccc12)N1CCCC12CCCN(CCO)C2=O. The number of amides is 2. The summed E-state index contributed by atoms with van der Waals surface area (Å²) in [6.45, 7) is 1.53. The second-order valence-electron chi connectivity index (χ2n) is 7.09. The maximum absolute atomic E-state index is 13.4. The first-order valence-corrected chi connectivity index (χ1v) is 9.23. The molecule has 6 heteroatoms. The first-order valence-electron chi connectivity index (χ1n) is 9.23. The van der Waals surface area contributed by atoms with Gasteiger partial charge in [-0.15, -0.1) is 0 Å². The van der Waals surface area contributed by atoms with Crippen molar-refractivity contribution in [1.82, 2.24) is 14.8 Å². The smallest absolute Gasteiger partial charge is 0.255 e. The number of hydrogen-bond acceptors (Lipinski definition) is 4. The van der Waals surface area contributed by atoms with E-state index in [2.05, 4.69) is 4.98 Å². The predicted octanol–water partition coefficient (Wildman–Crippen LogP) is 1.82. The fraction of sp³-hybridized carbons (Fsp3) is 0.450. The summed E-state index contributed by atoms with van der Waals surface area (Å²) in [7, 11) is 0. The zero-order valence-electron chi connectivity index (χ0n) is 14.7. The number of fused-ring (bicyclic) bond motifs is 1. The van der Waals surface area contributed by atoms with Crippen LogP contribution in [0.2, 0.25) is 0 Å². The summed E-state index contributed by atoms with van der Waals surface area (Å²) < 4.78 is 0. The number of carbonyl (C=O) groups excluding carboxylic acids is 2. The topological polar surface area (TPSA) is 73.7 Å². The van der Waals surface area contributed by atoms with Crippen LogP contribution in [0.25, 0.3) is 10.9 Å². The summed E-state index contributed by atoms with van der Waals surface area (Å²) >= 11 is 0. The van der Waals surface area contributed by atoms with Crippen LogP contribution in [0.3, 0.4) is 0 Å². The average Bonchev–Trinajstić information content (AvgIpc) is 3.09. The van der Waals surface area contributed by atoms with E-state index in [1.54, 1.807) is 22.1 Å². The van der Waals surface area contributed by atoms with Crippen molar-refractivity contribution < 1.29 is 14.7 Å². The third kappa shape index (κ3) is 2.56. The van der Waals surface area contributed by atoms with Crippen molar-refractivity contribution in [2.75, 3.05) is 26.2 Å². The average molecular weight is 353 g/mol. The number of hydrogen-bond donors (Lipinski definition) is 1. The maximum atomic E-state index is 13.4. The Morgan fingerprint density at radius 1 is 1.15 bits per heavy atom. The molecule has 4 rings (SSSR count). The molecule has 1 atom stereocenters. The highest BCUT2D eigenvalue weighted by molar-refractivity contribution is 6.08. The molecule has 0 saturated carbocycles. The molecule has 1 N–H and O–H groups in total. The molecule has 6 nitrogen and oxygen atoms in total. The van der Waals surface area contributed by atoms with Gasteiger partial charge < -0.3 is 14.9 Å². The van der Waals surface area contributed by atoms with Crippen LogP contribution in [0.4, 0.5) is 0 Å². The van der Waals surface area contributed by atoms with E-state index in [0.29, 0.717) is 38.0 Å². The van der Waals surface area contributed by atoms with E-state index in [9.17, 15) is 14.7 Å². The van der Waals surface area contributed by atoms with Gasteiger partial charge in [0.2, 0.25) is 5.91 Å². The maximum Gasteiger partial charge on any atom is 0.255 e. The summed E-state index contributed by atoms with van der Waals surface area (Å²) in [5.41, 5.74) is 0.627. The highest BCUT2D eigenvalue weighted by Gasteiger charge is 2.52. The van der Waals surface area contributed by atoms with Crippen molar-refractivity contribution in [3.05, 3.63) is 42.1 Å². The molecule has 2 fully saturated rings. The van der Waals surface area contributed by atoms with Crippen LogP contribution in [-0.4, -0.2) is 63.5 Å². The van der Waals surface area contributed by atoms with Gasteiger partial charge in [-0.2, -0.15) is 0 Å². The molecule has 0 bridgehead atoms. The van der Waals surface area contributed by atoms with Crippen LogP contribution in [0.1, 0.15) is 36.0 Å². The lowest BCUT2D eigenvalue weighted by molar-refractivity contribution is -0.146. The van der Waals surface area contributed by atoms with Crippen LogP contribution in [0.15, 0.2) is 36.5 Å². The fourth-order valence-corrected chi connectivity index (χ4v) is 4.48. The van der Waals surface area contributed by atoms with Gasteiger partial charge in [-0.3, -0.25) is 14.6 Å². The lowest BCUT2D eigenvalue weighted by Crippen LogP contribution is -2.61. The molecule has 2 aromatic rings. The Morgan fingerprint density at radius 3 is 2.73 bits per heavy atom. The molecule has 2 aliphatic heterocycles. The van der Waals surface area contributed by atoms with Crippen molar-refractivity contribution in [3.8, 4) is 0 Å². The molecule has 1 unspecified atom stereocenters. The molecule has 1 spiro atoms. The van der Waals surface area contributed by atoms with Crippen LogP contribution >= 0.6 is 0 Å². The Labute approximate surface area is 152 Å². The number of piperidine rings is 1. The molecule has 3 heterocycles.